The lowest BCUT2D eigenvalue weighted by atomic mass is 10.0. The Morgan fingerprint density at radius 1 is 0.579 bits per heavy atom. The number of aromatic nitrogens is 9. The molecule has 0 atom stereocenters. The maximum absolute atomic E-state index is 5.85. The molecule has 184 valence electrons. The van der Waals surface area contributed by atoms with Crippen LogP contribution in [0.4, 0.5) is 11.6 Å². The molecule has 11 nitrogen and oxygen atoms in total. The molecule has 0 aliphatic carbocycles. The molecule has 0 bridgehead atoms. The molecule has 38 heavy (non-hydrogen) atoms. The van der Waals surface area contributed by atoms with Crippen molar-refractivity contribution in [1.82, 2.24) is 45.5 Å². The molecule has 11 heteroatoms. The Balaban J connectivity index is 0.000000127. The molecule has 8 aromatic rings. The second-order valence-corrected chi connectivity index (χ2v) is 8.83. The number of fused-ring (bicyclic) bond motifs is 4. The third kappa shape index (κ3) is 3.49. The summed E-state index contributed by atoms with van der Waals surface area (Å²) >= 11 is 0. The third-order valence-electron chi connectivity index (χ3n) is 6.62. The number of anilines is 2. The van der Waals surface area contributed by atoms with Crippen LogP contribution in [0.25, 0.3) is 66.1 Å². The van der Waals surface area contributed by atoms with Gasteiger partial charge in [-0.15, -0.1) is 0 Å². The SMILES string of the molecule is Nc1n[nH]c2ccc(-c3ccnc4[nH]ccc34)cc12.Nc1n[nH]c2ccc(-c3ccnc4[nH]ncc34)cc12. The first-order chi connectivity index (χ1) is 18.7. The lowest BCUT2D eigenvalue weighted by molar-refractivity contribution is 1.10. The highest BCUT2D eigenvalue weighted by atomic mass is 15.2. The molecule has 0 unspecified atom stereocenters. The Bertz CT molecular complexity index is 1930. The Hall–Kier alpha value is -5.71. The minimum absolute atomic E-state index is 0.509. The van der Waals surface area contributed by atoms with Gasteiger partial charge in [-0.3, -0.25) is 15.3 Å². The zero-order chi connectivity index (χ0) is 25.6. The summed E-state index contributed by atoms with van der Waals surface area (Å²) in [5.74, 6) is 1.03. The molecule has 6 aromatic heterocycles. The third-order valence-corrected chi connectivity index (χ3v) is 6.62. The first-order valence-corrected chi connectivity index (χ1v) is 11.8. The summed E-state index contributed by atoms with van der Waals surface area (Å²) in [6, 6.07) is 18.1. The average Bonchev–Trinajstić information content (AvgIpc) is 3.76. The summed E-state index contributed by atoms with van der Waals surface area (Å²) in [6.45, 7) is 0. The Morgan fingerprint density at radius 3 is 1.84 bits per heavy atom. The second kappa shape index (κ2) is 8.45. The van der Waals surface area contributed by atoms with E-state index in [-0.39, 0.29) is 0 Å². The molecular weight excluding hydrogens is 478 g/mol. The molecule has 0 aliphatic rings. The van der Waals surface area contributed by atoms with E-state index in [0.29, 0.717) is 11.6 Å². The van der Waals surface area contributed by atoms with Gasteiger partial charge in [0.05, 0.1) is 17.2 Å². The molecule has 0 fully saturated rings. The molecule has 0 aliphatic heterocycles. The van der Waals surface area contributed by atoms with Gasteiger partial charge in [-0.1, -0.05) is 12.1 Å². The molecule has 8 N–H and O–H groups in total. The van der Waals surface area contributed by atoms with E-state index in [9.17, 15) is 0 Å². The van der Waals surface area contributed by atoms with E-state index in [4.69, 9.17) is 11.5 Å². The van der Waals surface area contributed by atoms with Gasteiger partial charge in [0, 0.05) is 40.1 Å². The van der Waals surface area contributed by atoms with Crippen LogP contribution in [0.1, 0.15) is 0 Å². The van der Waals surface area contributed by atoms with Crippen molar-refractivity contribution < 1.29 is 0 Å². The molecule has 0 saturated heterocycles. The summed E-state index contributed by atoms with van der Waals surface area (Å²) in [5.41, 5.74) is 19.6. The van der Waals surface area contributed by atoms with Crippen LogP contribution in [0.3, 0.4) is 0 Å². The Kier molecular flexibility index (Phi) is 4.79. The number of rotatable bonds is 2. The van der Waals surface area contributed by atoms with Crippen molar-refractivity contribution in [2.45, 2.75) is 0 Å². The van der Waals surface area contributed by atoms with Gasteiger partial charge in [0.1, 0.15) is 5.65 Å². The molecule has 2 aromatic carbocycles. The first-order valence-electron chi connectivity index (χ1n) is 11.8. The number of aromatic amines is 4. The predicted molar refractivity (Wildman–Crippen MR) is 149 cm³/mol. The highest BCUT2D eigenvalue weighted by Gasteiger charge is 2.10. The van der Waals surface area contributed by atoms with E-state index in [2.05, 4.69) is 57.7 Å². The summed E-state index contributed by atoms with van der Waals surface area (Å²) in [6.07, 6.45) is 7.24. The fraction of sp³-hybridized carbons (Fsp3) is 0. The zero-order valence-electron chi connectivity index (χ0n) is 19.9. The van der Waals surface area contributed by atoms with Gasteiger partial charge in [0.15, 0.2) is 17.3 Å². The van der Waals surface area contributed by atoms with Crippen LogP contribution in [-0.2, 0) is 0 Å². The average molecular weight is 500 g/mol. The van der Waals surface area contributed by atoms with Crippen molar-refractivity contribution in [2.75, 3.05) is 11.5 Å². The monoisotopic (exact) mass is 499 g/mol. The van der Waals surface area contributed by atoms with Crippen LogP contribution >= 0.6 is 0 Å². The number of hydrogen-bond donors (Lipinski definition) is 6. The van der Waals surface area contributed by atoms with E-state index >= 15 is 0 Å². The van der Waals surface area contributed by atoms with Crippen LogP contribution in [0, 0.1) is 0 Å². The first kappa shape index (κ1) is 21.6. The quantitative estimate of drug-likeness (QED) is 0.198. The lowest BCUT2D eigenvalue weighted by Gasteiger charge is -2.03. The van der Waals surface area contributed by atoms with Gasteiger partial charge in [-0.2, -0.15) is 15.3 Å². The van der Waals surface area contributed by atoms with Gasteiger partial charge in [-0.25, -0.2) is 9.97 Å². The summed E-state index contributed by atoms with van der Waals surface area (Å²) in [5, 5.41) is 24.7. The van der Waals surface area contributed by atoms with Gasteiger partial charge in [0.25, 0.3) is 0 Å². The Morgan fingerprint density at radius 2 is 1.18 bits per heavy atom. The predicted octanol–water partition coefficient (Wildman–Crippen LogP) is 4.77. The number of benzene rings is 2. The van der Waals surface area contributed by atoms with Crippen LogP contribution in [0.5, 0.6) is 0 Å². The number of nitrogens with one attached hydrogen (secondary N) is 4. The van der Waals surface area contributed by atoms with Crippen LogP contribution < -0.4 is 11.5 Å². The van der Waals surface area contributed by atoms with E-state index in [1.54, 1.807) is 18.6 Å². The fourth-order valence-corrected chi connectivity index (χ4v) is 4.72. The highest BCUT2D eigenvalue weighted by molar-refractivity contribution is 5.99. The molecule has 0 spiro atoms. The van der Waals surface area contributed by atoms with Crippen molar-refractivity contribution >= 4 is 55.5 Å². The smallest absolute Gasteiger partial charge is 0.155 e. The van der Waals surface area contributed by atoms with E-state index in [0.717, 1.165) is 66.1 Å². The Labute approximate surface area is 214 Å². The van der Waals surface area contributed by atoms with Crippen molar-refractivity contribution in [3.05, 3.63) is 79.4 Å². The zero-order valence-corrected chi connectivity index (χ0v) is 19.9. The van der Waals surface area contributed by atoms with Crippen molar-refractivity contribution in [3.63, 3.8) is 0 Å². The van der Waals surface area contributed by atoms with Crippen molar-refractivity contribution in [2.24, 2.45) is 0 Å². The standard InChI is InChI=1S/C14H11N5.C13H10N6/c15-13-11-7-8(1-2-12(11)18-19-13)9-3-5-16-14-10(9)4-6-17-14;14-12-9-5-7(1-2-11(9)17-18-12)8-3-4-15-13-10(8)6-16-19-13/h1-7H,(H,16,17)(H3,15,18,19);1-6H,(H3,14,17,18)(H,15,16,19). The van der Waals surface area contributed by atoms with Gasteiger partial charge in [-0.05, 0) is 64.7 Å². The van der Waals surface area contributed by atoms with E-state index in [1.807, 2.05) is 48.7 Å². The van der Waals surface area contributed by atoms with Gasteiger partial charge in [0.2, 0.25) is 0 Å². The summed E-state index contributed by atoms with van der Waals surface area (Å²) < 4.78 is 0. The number of pyridine rings is 2. The lowest BCUT2D eigenvalue weighted by Crippen LogP contribution is -1.85. The number of nitrogen functional groups attached to an aromatic ring is 2. The van der Waals surface area contributed by atoms with E-state index in [1.165, 1.54) is 0 Å². The van der Waals surface area contributed by atoms with Crippen molar-refractivity contribution in [1.29, 1.82) is 0 Å². The fourth-order valence-electron chi connectivity index (χ4n) is 4.72. The molecule has 0 radical (unpaired) electrons. The van der Waals surface area contributed by atoms with Gasteiger partial charge >= 0.3 is 0 Å². The van der Waals surface area contributed by atoms with Crippen LogP contribution in [0.15, 0.2) is 79.4 Å². The molecular formula is C27H21N11. The van der Waals surface area contributed by atoms with Crippen molar-refractivity contribution in [3.8, 4) is 22.3 Å². The largest absolute Gasteiger partial charge is 0.382 e. The van der Waals surface area contributed by atoms with E-state index < -0.39 is 0 Å². The molecule has 0 amide bonds. The molecule has 6 heterocycles. The van der Waals surface area contributed by atoms with Gasteiger partial charge < -0.3 is 16.5 Å². The minimum atomic E-state index is 0.509. The second-order valence-electron chi connectivity index (χ2n) is 8.83. The topological polar surface area (TPSA) is 180 Å². The highest BCUT2D eigenvalue weighted by Crippen LogP contribution is 2.31. The van der Waals surface area contributed by atoms with Crippen LogP contribution in [0.2, 0.25) is 0 Å². The minimum Gasteiger partial charge on any atom is -0.382 e. The number of nitrogens with two attached hydrogens (primary N) is 2. The molecule has 0 saturated carbocycles. The number of nitrogens with zero attached hydrogens (tertiary/aromatic N) is 5. The molecule has 8 rings (SSSR count). The van der Waals surface area contributed by atoms with Crippen LogP contribution in [-0.4, -0.2) is 45.5 Å². The summed E-state index contributed by atoms with van der Waals surface area (Å²) in [4.78, 5) is 11.7. The number of hydrogen-bond acceptors (Lipinski definition) is 7. The maximum Gasteiger partial charge on any atom is 0.155 e. The normalized spacial score (nSPS) is 11.4. The summed E-state index contributed by atoms with van der Waals surface area (Å²) in [7, 11) is 0. The maximum atomic E-state index is 5.85. The number of H-pyrrole nitrogens is 4.